The van der Waals surface area contributed by atoms with E-state index >= 15 is 0 Å². The Morgan fingerprint density at radius 2 is 1.68 bits per heavy atom. The van der Waals surface area contributed by atoms with Crippen molar-refractivity contribution in [3.05, 3.63) is 95.0 Å². The topological polar surface area (TPSA) is 58.6 Å². The largest absolute Gasteiger partial charge is 0.497 e. The summed E-state index contributed by atoms with van der Waals surface area (Å²) in [5.41, 5.74) is 2.53. The molecule has 3 aromatic rings. The smallest absolute Gasteiger partial charge is 0.261 e. The zero-order valence-corrected chi connectivity index (χ0v) is 19.0. The molecule has 5 nitrogen and oxygen atoms in total. The monoisotopic (exact) mass is 456 g/mol. The van der Waals surface area contributed by atoms with Crippen LogP contribution in [0.3, 0.4) is 0 Å². The molecule has 0 atom stereocenters. The minimum atomic E-state index is -3.70. The fraction of sp³-hybridized carbons (Fsp3) is 0.167. The predicted octanol–water partition coefficient (Wildman–Crippen LogP) is 5.29. The van der Waals surface area contributed by atoms with Crippen molar-refractivity contribution in [1.82, 2.24) is 4.90 Å². The third-order valence-electron chi connectivity index (χ3n) is 4.67. The molecule has 0 fully saturated rings. The molecule has 0 amide bonds. The van der Waals surface area contributed by atoms with E-state index in [1.165, 1.54) is 12.1 Å². The van der Waals surface area contributed by atoms with Gasteiger partial charge in [-0.2, -0.15) is 0 Å². The SMILES string of the molecule is COc1ccc(S(=O)(=O)Nc2ccccc2CN(C)CC=Cc2ccc(Cl)cc2)cc1. The van der Waals surface area contributed by atoms with Crippen molar-refractivity contribution in [2.24, 2.45) is 0 Å². The first-order chi connectivity index (χ1) is 14.9. The van der Waals surface area contributed by atoms with Crippen LogP contribution in [0.25, 0.3) is 6.08 Å². The molecule has 0 aromatic heterocycles. The standard InChI is InChI=1S/C24H25ClN2O3S/c1-27(17-5-6-19-9-11-21(25)12-10-19)18-20-7-3-4-8-24(20)26-31(28,29)23-15-13-22(30-2)14-16-23/h3-16,26H,17-18H2,1-2H3. The lowest BCUT2D eigenvalue weighted by atomic mass is 10.1. The van der Waals surface area contributed by atoms with Crippen LogP contribution in [0.5, 0.6) is 5.75 Å². The van der Waals surface area contributed by atoms with Gasteiger partial charge in [-0.25, -0.2) is 8.42 Å². The summed E-state index contributed by atoms with van der Waals surface area (Å²) in [5, 5.41) is 0.711. The first-order valence-electron chi connectivity index (χ1n) is 9.73. The van der Waals surface area contributed by atoms with Crippen LogP contribution in [0.4, 0.5) is 5.69 Å². The Hall–Kier alpha value is -2.80. The van der Waals surface area contributed by atoms with Crippen LogP contribution in [0.15, 0.2) is 83.8 Å². The number of nitrogens with zero attached hydrogens (tertiary/aromatic N) is 1. The molecular weight excluding hydrogens is 432 g/mol. The summed E-state index contributed by atoms with van der Waals surface area (Å²) in [6.07, 6.45) is 4.10. The lowest BCUT2D eigenvalue weighted by molar-refractivity contribution is 0.364. The van der Waals surface area contributed by atoms with E-state index in [0.717, 1.165) is 11.1 Å². The molecule has 3 aromatic carbocycles. The summed E-state index contributed by atoms with van der Waals surface area (Å²) >= 11 is 5.91. The van der Waals surface area contributed by atoms with Crippen LogP contribution in [-0.2, 0) is 16.6 Å². The molecule has 0 aliphatic carbocycles. The van der Waals surface area contributed by atoms with Crippen LogP contribution in [-0.4, -0.2) is 34.0 Å². The van der Waals surface area contributed by atoms with E-state index in [9.17, 15) is 8.42 Å². The van der Waals surface area contributed by atoms with Crippen LogP contribution in [0, 0.1) is 0 Å². The summed E-state index contributed by atoms with van der Waals surface area (Å²) in [6, 6.07) is 21.3. The van der Waals surface area contributed by atoms with E-state index in [-0.39, 0.29) is 4.90 Å². The van der Waals surface area contributed by atoms with E-state index < -0.39 is 10.0 Å². The molecule has 0 spiro atoms. The zero-order valence-electron chi connectivity index (χ0n) is 17.5. The first kappa shape index (κ1) is 22.9. The van der Waals surface area contributed by atoms with Crippen molar-refractivity contribution in [3.8, 4) is 5.75 Å². The molecule has 3 rings (SSSR count). The maximum absolute atomic E-state index is 12.8. The lowest BCUT2D eigenvalue weighted by Gasteiger charge is -2.18. The molecule has 0 aliphatic rings. The fourth-order valence-electron chi connectivity index (χ4n) is 3.01. The van der Waals surface area contributed by atoms with Gasteiger partial charge in [0.15, 0.2) is 0 Å². The predicted molar refractivity (Wildman–Crippen MR) is 127 cm³/mol. The number of anilines is 1. The molecule has 0 saturated heterocycles. The average Bonchev–Trinajstić information content (AvgIpc) is 2.76. The Bertz CT molecular complexity index is 1130. The number of hydrogen-bond acceptors (Lipinski definition) is 4. The first-order valence-corrected chi connectivity index (χ1v) is 11.6. The fourth-order valence-corrected chi connectivity index (χ4v) is 4.24. The van der Waals surface area contributed by atoms with Crippen molar-refractivity contribution >= 4 is 33.4 Å². The molecule has 0 aliphatic heterocycles. The highest BCUT2D eigenvalue weighted by Gasteiger charge is 2.16. The van der Waals surface area contributed by atoms with E-state index in [1.54, 1.807) is 25.3 Å². The maximum Gasteiger partial charge on any atom is 0.261 e. The number of rotatable bonds is 9. The van der Waals surface area contributed by atoms with Crippen molar-refractivity contribution in [1.29, 1.82) is 0 Å². The second-order valence-electron chi connectivity index (χ2n) is 7.09. The van der Waals surface area contributed by atoms with Gasteiger partial charge in [-0.3, -0.25) is 9.62 Å². The van der Waals surface area contributed by atoms with Gasteiger partial charge in [0.1, 0.15) is 5.75 Å². The van der Waals surface area contributed by atoms with Gasteiger partial charge in [-0.1, -0.05) is 54.1 Å². The van der Waals surface area contributed by atoms with Crippen LogP contribution < -0.4 is 9.46 Å². The van der Waals surface area contributed by atoms with Gasteiger partial charge in [0.2, 0.25) is 0 Å². The molecule has 0 unspecified atom stereocenters. The molecule has 31 heavy (non-hydrogen) atoms. The average molecular weight is 457 g/mol. The Balaban J connectivity index is 1.67. The second kappa shape index (κ2) is 10.5. The molecule has 0 saturated carbocycles. The highest BCUT2D eigenvalue weighted by Crippen LogP contribution is 2.22. The zero-order chi connectivity index (χ0) is 22.3. The molecule has 7 heteroatoms. The summed E-state index contributed by atoms with van der Waals surface area (Å²) in [5.74, 6) is 0.604. The van der Waals surface area contributed by atoms with Crippen molar-refractivity contribution < 1.29 is 13.2 Å². The van der Waals surface area contributed by atoms with Gasteiger partial charge in [0, 0.05) is 18.1 Å². The number of sulfonamides is 1. The summed E-state index contributed by atoms with van der Waals surface area (Å²) in [7, 11) is -0.174. The van der Waals surface area contributed by atoms with Crippen molar-refractivity contribution in [2.45, 2.75) is 11.4 Å². The molecular formula is C24H25ClN2O3S. The number of halogens is 1. The van der Waals surface area contributed by atoms with E-state index in [4.69, 9.17) is 16.3 Å². The van der Waals surface area contributed by atoms with Gasteiger partial charge >= 0.3 is 0 Å². The second-order valence-corrected chi connectivity index (χ2v) is 9.21. The summed E-state index contributed by atoms with van der Waals surface area (Å²) in [4.78, 5) is 2.29. The molecule has 0 heterocycles. The third-order valence-corrected chi connectivity index (χ3v) is 6.30. The van der Waals surface area contributed by atoms with Gasteiger partial charge in [0.25, 0.3) is 10.0 Å². The minimum Gasteiger partial charge on any atom is -0.497 e. The minimum absolute atomic E-state index is 0.183. The quantitative estimate of drug-likeness (QED) is 0.475. The van der Waals surface area contributed by atoms with Gasteiger partial charge in [0.05, 0.1) is 17.7 Å². The number of ether oxygens (including phenoxy) is 1. The highest BCUT2D eigenvalue weighted by atomic mass is 35.5. The number of nitrogens with one attached hydrogen (secondary N) is 1. The Kier molecular flexibility index (Phi) is 7.74. The summed E-state index contributed by atoms with van der Waals surface area (Å²) < 4.78 is 33.4. The Labute approximate surface area is 189 Å². The van der Waals surface area contributed by atoms with Crippen LogP contribution in [0.2, 0.25) is 5.02 Å². The number of likely N-dealkylation sites (N-methyl/N-ethyl adjacent to an activating group) is 1. The van der Waals surface area contributed by atoms with Crippen LogP contribution >= 0.6 is 11.6 Å². The van der Waals surface area contributed by atoms with E-state index in [0.29, 0.717) is 29.5 Å². The number of methoxy groups -OCH3 is 1. The van der Waals surface area contributed by atoms with E-state index in [2.05, 4.69) is 15.7 Å². The maximum atomic E-state index is 12.8. The molecule has 0 bridgehead atoms. The number of benzene rings is 3. The summed E-state index contributed by atoms with van der Waals surface area (Å²) in [6.45, 7) is 1.30. The normalized spacial score (nSPS) is 11.7. The molecule has 0 radical (unpaired) electrons. The van der Waals surface area contributed by atoms with Gasteiger partial charge in [-0.05, 0) is 60.6 Å². The van der Waals surface area contributed by atoms with Gasteiger partial charge in [-0.15, -0.1) is 0 Å². The molecule has 1 N–H and O–H groups in total. The van der Waals surface area contributed by atoms with Crippen molar-refractivity contribution in [3.63, 3.8) is 0 Å². The van der Waals surface area contributed by atoms with Gasteiger partial charge < -0.3 is 4.74 Å². The highest BCUT2D eigenvalue weighted by molar-refractivity contribution is 7.92. The van der Waals surface area contributed by atoms with E-state index in [1.807, 2.05) is 55.6 Å². The molecule has 162 valence electrons. The van der Waals surface area contributed by atoms with Crippen molar-refractivity contribution in [2.75, 3.05) is 25.4 Å². The number of para-hydroxylation sites is 1. The Morgan fingerprint density at radius 1 is 1.00 bits per heavy atom. The lowest BCUT2D eigenvalue weighted by Crippen LogP contribution is -2.20. The Morgan fingerprint density at radius 3 is 2.35 bits per heavy atom. The third kappa shape index (κ3) is 6.59. The van der Waals surface area contributed by atoms with Crippen LogP contribution in [0.1, 0.15) is 11.1 Å². The number of hydrogen-bond donors (Lipinski definition) is 1.